The van der Waals surface area contributed by atoms with Gasteiger partial charge in [-0.05, 0) is 70.6 Å². The van der Waals surface area contributed by atoms with Gasteiger partial charge in [0.15, 0.2) is 0 Å². The standard InChI is InChI=1S/C14H23NO2/c1-13(2,3)17-12(16)15-14-7-9-4-10(8-14)6-11(14)5-9/h9-11H,4-8H2,1-3H3,(H,15,16). The van der Waals surface area contributed by atoms with Crippen LogP contribution in [0.2, 0.25) is 0 Å². The Hall–Kier alpha value is -0.730. The number of carbonyl (C=O) groups is 1. The highest BCUT2D eigenvalue weighted by Crippen LogP contribution is 2.60. The number of rotatable bonds is 1. The SMILES string of the molecule is CC(C)(C)OC(=O)NC12CC3CC(CC1C3)C2. The van der Waals surface area contributed by atoms with Crippen molar-refractivity contribution in [3.63, 3.8) is 0 Å². The summed E-state index contributed by atoms with van der Waals surface area (Å²) in [5.41, 5.74) is -0.299. The van der Waals surface area contributed by atoms with Crippen LogP contribution >= 0.6 is 0 Å². The number of amides is 1. The van der Waals surface area contributed by atoms with Crippen LogP contribution in [0.5, 0.6) is 0 Å². The van der Waals surface area contributed by atoms with Gasteiger partial charge >= 0.3 is 6.09 Å². The monoisotopic (exact) mass is 237 g/mol. The summed E-state index contributed by atoms with van der Waals surface area (Å²) < 4.78 is 5.40. The summed E-state index contributed by atoms with van der Waals surface area (Å²) in [6.45, 7) is 5.76. The Morgan fingerprint density at radius 1 is 1.18 bits per heavy atom. The summed E-state index contributed by atoms with van der Waals surface area (Å²) in [6, 6.07) is 0. The highest BCUT2D eigenvalue weighted by molar-refractivity contribution is 5.69. The molecule has 0 aromatic rings. The molecule has 4 saturated carbocycles. The average molecular weight is 237 g/mol. The van der Waals surface area contributed by atoms with Crippen LogP contribution in [0.3, 0.4) is 0 Å². The van der Waals surface area contributed by atoms with E-state index in [9.17, 15) is 4.79 Å². The Bertz CT molecular complexity index is 331. The Labute approximate surface area is 103 Å². The summed E-state index contributed by atoms with van der Waals surface area (Å²) >= 11 is 0. The van der Waals surface area contributed by atoms with Crippen LogP contribution in [-0.2, 0) is 4.74 Å². The van der Waals surface area contributed by atoms with E-state index in [0.29, 0.717) is 0 Å². The molecule has 4 fully saturated rings. The molecule has 3 nitrogen and oxygen atoms in total. The highest BCUT2D eigenvalue weighted by atomic mass is 16.6. The lowest BCUT2D eigenvalue weighted by Crippen LogP contribution is -2.50. The molecule has 4 aliphatic rings. The van der Waals surface area contributed by atoms with Crippen molar-refractivity contribution in [3.8, 4) is 0 Å². The zero-order valence-electron chi connectivity index (χ0n) is 11.1. The molecule has 2 unspecified atom stereocenters. The fourth-order valence-corrected chi connectivity index (χ4v) is 4.51. The first kappa shape index (κ1) is 11.4. The highest BCUT2D eigenvalue weighted by Gasteiger charge is 2.58. The molecule has 0 aromatic carbocycles. The quantitative estimate of drug-likeness (QED) is 0.761. The number of alkyl carbamates (subject to hydrolysis) is 1. The minimum atomic E-state index is -0.393. The first-order chi connectivity index (χ1) is 7.86. The van der Waals surface area contributed by atoms with Gasteiger partial charge in [-0.3, -0.25) is 0 Å². The third kappa shape index (κ3) is 1.94. The van der Waals surface area contributed by atoms with Crippen LogP contribution in [0.1, 0.15) is 52.9 Å². The zero-order valence-corrected chi connectivity index (χ0v) is 11.1. The molecule has 3 heteroatoms. The number of ether oxygens (including phenoxy) is 1. The van der Waals surface area contributed by atoms with E-state index in [1.807, 2.05) is 20.8 Å². The van der Waals surface area contributed by atoms with E-state index in [1.54, 1.807) is 0 Å². The van der Waals surface area contributed by atoms with E-state index in [-0.39, 0.29) is 11.6 Å². The maximum Gasteiger partial charge on any atom is 0.408 e. The topological polar surface area (TPSA) is 38.3 Å². The van der Waals surface area contributed by atoms with Crippen molar-refractivity contribution in [2.45, 2.75) is 64.0 Å². The molecular weight excluding hydrogens is 214 g/mol. The van der Waals surface area contributed by atoms with Crippen LogP contribution < -0.4 is 5.32 Å². The number of hydrogen-bond acceptors (Lipinski definition) is 2. The molecule has 0 aromatic heterocycles. The van der Waals surface area contributed by atoms with Gasteiger partial charge in [0.2, 0.25) is 0 Å². The Morgan fingerprint density at radius 2 is 1.76 bits per heavy atom. The Kier molecular flexibility index (Phi) is 2.27. The summed E-state index contributed by atoms with van der Waals surface area (Å²) in [4.78, 5) is 11.9. The van der Waals surface area contributed by atoms with Gasteiger partial charge in [-0.2, -0.15) is 0 Å². The predicted octanol–water partition coefficient (Wildman–Crippen LogP) is 3.09. The van der Waals surface area contributed by atoms with Crippen molar-refractivity contribution >= 4 is 6.09 Å². The molecule has 1 amide bonds. The molecule has 4 aliphatic carbocycles. The molecule has 1 N–H and O–H groups in total. The van der Waals surface area contributed by atoms with Gasteiger partial charge in [0, 0.05) is 5.54 Å². The van der Waals surface area contributed by atoms with Crippen molar-refractivity contribution in [2.75, 3.05) is 0 Å². The fraction of sp³-hybridized carbons (Fsp3) is 0.929. The molecule has 0 radical (unpaired) electrons. The largest absolute Gasteiger partial charge is 0.444 e. The maximum absolute atomic E-state index is 11.9. The summed E-state index contributed by atoms with van der Waals surface area (Å²) in [6.07, 6.45) is 6.21. The second kappa shape index (κ2) is 3.39. The third-order valence-corrected chi connectivity index (χ3v) is 4.74. The molecular formula is C14H23NO2. The predicted molar refractivity (Wildman–Crippen MR) is 65.7 cm³/mol. The summed E-state index contributed by atoms with van der Waals surface area (Å²) in [5.74, 6) is 2.45. The van der Waals surface area contributed by atoms with Gasteiger partial charge < -0.3 is 10.1 Å². The molecule has 17 heavy (non-hydrogen) atoms. The van der Waals surface area contributed by atoms with Gasteiger partial charge in [0.1, 0.15) is 5.60 Å². The summed E-state index contributed by atoms with van der Waals surface area (Å²) in [7, 11) is 0. The van der Waals surface area contributed by atoms with E-state index in [2.05, 4.69) is 5.32 Å². The van der Waals surface area contributed by atoms with E-state index in [1.165, 1.54) is 32.1 Å². The van der Waals surface area contributed by atoms with Gasteiger partial charge in [0.25, 0.3) is 0 Å². The minimum absolute atomic E-state index is 0.0932. The van der Waals surface area contributed by atoms with Crippen molar-refractivity contribution in [1.29, 1.82) is 0 Å². The van der Waals surface area contributed by atoms with E-state index in [0.717, 1.165) is 17.8 Å². The van der Waals surface area contributed by atoms with E-state index >= 15 is 0 Å². The van der Waals surface area contributed by atoms with Crippen molar-refractivity contribution in [1.82, 2.24) is 5.32 Å². The van der Waals surface area contributed by atoms with Crippen LogP contribution in [0.15, 0.2) is 0 Å². The minimum Gasteiger partial charge on any atom is -0.444 e. The van der Waals surface area contributed by atoms with E-state index in [4.69, 9.17) is 4.74 Å². The van der Waals surface area contributed by atoms with Gasteiger partial charge in [-0.15, -0.1) is 0 Å². The first-order valence-corrected chi connectivity index (χ1v) is 6.87. The van der Waals surface area contributed by atoms with E-state index < -0.39 is 5.60 Å². The van der Waals surface area contributed by atoms with Crippen molar-refractivity contribution < 1.29 is 9.53 Å². The number of carbonyl (C=O) groups excluding carboxylic acids is 1. The molecule has 0 saturated heterocycles. The lowest BCUT2D eigenvalue weighted by atomic mass is 9.80. The smallest absolute Gasteiger partial charge is 0.408 e. The molecule has 4 rings (SSSR count). The second-order valence-electron chi connectivity index (χ2n) is 7.33. The first-order valence-electron chi connectivity index (χ1n) is 6.87. The van der Waals surface area contributed by atoms with Crippen molar-refractivity contribution in [3.05, 3.63) is 0 Å². The molecule has 0 aliphatic heterocycles. The van der Waals surface area contributed by atoms with Gasteiger partial charge in [-0.25, -0.2) is 4.79 Å². The molecule has 0 heterocycles. The van der Waals surface area contributed by atoms with Crippen LogP contribution in [0.4, 0.5) is 4.79 Å². The normalized spacial score (nSPS) is 42.9. The molecule has 4 bridgehead atoms. The zero-order chi connectivity index (χ0) is 12.3. The van der Waals surface area contributed by atoms with Crippen LogP contribution in [0, 0.1) is 17.8 Å². The molecule has 2 atom stereocenters. The molecule has 0 spiro atoms. The summed E-state index contributed by atoms with van der Waals surface area (Å²) in [5, 5.41) is 3.21. The fourth-order valence-electron chi connectivity index (χ4n) is 4.51. The number of hydrogen-bond donors (Lipinski definition) is 1. The number of nitrogens with one attached hydrogen (secondary N) is 1. The maximum atomic E-state index is 11.9. The van der Waals surface area contributed by atoms with Crippen molar-refractivity contribution in [2.24, 2.45) is 17.8 Å². The Morgan fingerprint density at radius 3 is 2.29 bits per heavy atom. The lowest BCUT2D eigenvalue weighted by molar-refractivity contribution is 0.0430. The van der Waals surface area contributed by atoms with Gasteiger partial charge in [0.05, 0.1) is 0 Å². The molecule has 96 valence electrons. The Balaban J connectivity index is 1.68. The second-order valence-corrected chi connectivity index (χ2v) is 7.33. The van der Waals surface area contributed by atoms with Gasteiger partial charge in [-0.1, -0.05) is 0 Å². The van der Waals surface area contributed by atoms with Crippen LogP contribution in [0.25, 0.3) is 0 Å². The lowest BCUT2D eigenvalue weighted by Gasteiger charge is -2.34. The van der Waals surface area contributed by atoms with Crippen LogP contribution in [-0.4, -0.2) is 17.2 Å². The third-order valence-electron chi connectivity index (χ3n) is 4.74. The average Bonchev–Trinajstić information content (AvgIpc) is 2.46.